The van der Waals surface area contributed by atoms with Gasteiger partial charge in [0.1, 0.15) is 17.3 Å². The smallest absolute Gasteiger partial charge is 0.131 e. The zero-order valence-corrected chi connectivity index (χ0v) is 22.6. The highest BCUT2D eigenvalue weighted by atomic mass is 19.1. The predicted octanol–water partition coefficient (Wildman–Crippen LogP) is 5.88. The van der Waals surface area contributed by atoms with Crippen LogP contribution < -0.4 is 4.74 Å². The largest absolute Gasteiger partial charge is 0.493 e. The number of piperidine rings is 1. The quantitative estimate of drug-likeness (QED) is 0.223. The van der Waals surface area contributed by atoms with Crippen LogP contribution in [0.15, 0.2) is 73.3 Å². The molecule has 40 heavy (non-hydrogen) atoms. The van der Waals surface area contributed by atoms with E-state index in [1.807, 2.05) is 24.4 Å². The number of pyridine rings is 1. The molecule has 0 radical (unpaired) electrons. The summed E-state index contributed by atoms with van der Waals surface area (Å²) in [6.45, 7) is 3.33. The Kier molecular flexibility index (Phi) is 7.83. The van der Waals surface area contributed by atoms with E-state index in [1.54, 1.807) is 25.6 Å². The van der Waals surface area contributed by atoms with Crippen LogP contribution in [0.3, 0.4) is 0 Å². The highest BCUT2D eigenvalue weighted by molar-refractivity contribution is 5.95. The fourth-order valence-electron chi connectivity index (χ4n) is 5.44. The number of nitrogens with one attached hydrogen (secondary N) is 1. The van der Waals surface area contributed by atoms with Crippen LogP contribution in [0, 0.1) is 5.82 Å². The molecule has 0 amide bonds. The first kappa shape index (κ1) is 26.2. The first-order valence-electron chi connectivity index (χ1n) is 13.7. The number of aromatic nitrogens is 5. The molecule has 8 nitrogen and oxygen atoms in total. The van der Waals surface area contributed by atoms with Gasteiger partial charge in [-0.1, -0.05) is 12.1 Å². The van der Waals surface area contributed by atoms with Gasteiger partial charge in [-0.3, -0.25) is 19.7 Å². The number of methoxy groups -OCH3 is 1. The van der Waals surface area contributed by atoms with Crippen molar-refractivity contribution in [2.45, 2.75) is 31.8 Å². The maximum absolute atomic E-state index is 14.9. The van der Waals surface area contributed by atoms with E-state index in [0.29, 0.717) is 31.1 Å². The number of aromatic amines is 1. The van der Waals surface area contributed by atoms with Crippen molar-refractivity contribution in [3.05, 3.63) is 84.7 Å². The molecule has 0 bridgehead atoms. The molecule has 0 aliphatic carbocycles. The minimum atomic E-state index is -0.228. The molecule has 5 aromatic rings. The number of rotatable bonds is 10. The van der Waals surface area contributed by atoms with Crippen molar-refractivity contribution in [3.8, 4) is 28.1 Å². The molecule has 9 heteroatoms. The van der Waals surface area contributed by atoms with Crippen LogP contribution in [0.1, 0.15) is 30.9 Å². The van der Waals surface area contributed by atoms with E-state index in [1.165, 1.54) is 6.07 Å². The minimum Gasteiger partial charge on any atom is -0.493 e. The molecule has 1 saturated heterocycles. The van der Waals surface area contributed by atoms with E-state index in [9.17, 15) is 4.39 Å². The standard InChI is InChI=1S/C31H33FN6O2/c1-39-15-4-16-40-30-7-2-6-28(32)27(30)21-37-14-3-5-25(20-37)38-19-24(18-34-38)23-8-9-29-26(17-23)31(36-35-29)22-10-12-33-13-11-22/h2,6-13,17-19,25H,3-5,14-16,20-21H2,1H3,(H,35,36)/t25-/m1/s1. The van der Waals surface area contributed by atoms with Gasteiger partial charge in [-0.05, 0) is 61.3 Å². The summed E-state index contributed by atoms with van der Waals surface area (Å²) in [5.41, 5.74) is 5.67. The van der Waals surface area contributed by atoms with E-state index in [4.69, 9.17) is 14.6 Å². The van der Waals surface area contributed by atoms with Crippen molar-refractivity contribution >= 4 is 10.9 Å². The number of H-pyrrole nitrogens is 1. The van der Waals surface area contributed by atoms with Crippen LogP contribution in [-0.2, 0) is 11.3 Å². The maximum atomic E-state index is 14.9. The van der Waals surface area contributed by atoms with Gasteiger partial charge in [-0.2, -0.15) is 10.2 Å². The highest BCUT2D eigenvalue weighted by Gasteiger charge is 2.24. The molecular formula is C31H33FN6O2. The average molecular weight is 541 g/mol. The first-order chi connectivity index (χ1) is 19.7. The second kappa shape index (κ2) is 12.0. The number of ether oxygens (including phenoxy) is 2. The van der Waals surface area contributed by atoms with Gasteiger partial charge >= 0.3 is 0 Å². The Bertz CT molecular complexity index is 1570. The second-order valence-electron chi connectivity index (χ2n) is 10.2. The van der Waals surface area contributed by atoms with Crippen molar-refractivity contribution in [2.24, 2.45) is 0 Å². The molecule has 4 heterocycles. The summed E-state index contributed by atoms with van der Waals surface area (Å²) in [6.07, 6.45) is 10.4. The molecule has 0 saturated carbocycles. The summed E-state index contributed by atoms with van der Waals surface area (Å²) < 4.78 is 27.9. The van der Waals surface area contributed by atoms with Crippen LogP contribution in [0.2, 0.25) is 0 Å². The van der Waals surface area contributed by atoms with Gasteiger partial charge < -0.3 is 9.47 Å². The molecule has 1 N–H and O–H groups in total. The highest BCUT2D eigenvalue weighted by Crippen LogP contribution is 2.32. The van der Waals surface area contributed by atoms with E-state index in [2.05, 4.69) is 49.2 Å². The lowest BCUT2D eigenvalue weighted by atomic mass is 10.0. The Hall–Kier alpha value is -4.08. The Labute approximate surface area is 232 Å². The summed E-state index contributed by atoms with van der Waals surface area (Å²) in [5, 5.41) is 13.5. The van der Waals surface area contributed by atoms with E-state index >= 15 is 0 Å². The predicted molar refractivity (Wildman–Crippen MR) is 152 cm³/mol. The third-order valence-electron chi connectivity index (χ3n) is 7.51. The number of nitrogens with zero attached hydrogens (tertiary/aromatic N) is 5. The molecular weight excluding hydrogens is 507 g/mol. The van der Waals surface area contributed by atoms with Crippen molar-refractivity contribution < 1.29 is 13.9 Å². The van der Waals surface area contributed by atoms with Crippen LogP contribution in [0.25, 0.3) is 33.3 Å². The molecule has 0 spiro atoms. The molecule has 3 aromatic heterocycles. The zero-order chi connectivity index (χ0) is 27.3. The fraction of sp³-hybridized carbons (Fsp3) is 0.323. The van der Waals surface area contributed by atoms with Gasteiger partial charge in [-0.25, -0.2) is 4.39 Å². The van der Waals surface area contributed by atoms with Crippen LogP contribution >= 0.6 is 0 Å². The SMILES string of the molecule is COCCCOc1cccc(F)c1CN1CCC[C@@H](n2cc(-c3ccc4[nH]nc(-c5ccncc5)c4c3)cn2)C1. The van der Waals surface area contributed by atoms with Gasteiger partial charge in [0.05, 0.1) is 24.4 Å². The summed E-state index contributed by atoms with van der Waals surface area (Å²) in [6, 6.07) is 15.5. The van der Waals surface area contributed by atoms with Crippen molar-refractivity contribution in [3.63, 3.8) is 0 Å². The molecule has 1 aliphatic rings. The van der Waals surface area contributed by atoms with Crippen molar-refractivity contribution in [2.75, 3.05) is 33.4 Å². The summed E-state index contributed by atoms with van der Waals surface area (Å²) in [7, 11) is 1.67. The van der Waals surface area contributed by atoms with Gasteiger partial charge in [0.15, 0.2) is 0 Å². The lowest BCUT2D eigenvalue weighted by Gasteiger charge is -2.33. The first-order valence-corrected chi connectivity index (χ1v) is 13.7. The van der Waals surface area contributed by atoms with Crippen molar-refractivity contribution in [1.29, 1.82) is 0 Å². The lowest BCUT2D eigenvalue weighted by molar-refractivity contribution is 0.156. The third kappa shape index (κ3) is 5.61. The zero-order valence-electron chi connectivity index (χ0n) is 22.6. The number of likely N-dealkylation sites (tertiary alicyclic amines) is 1. The molecule has 0 unspecified atom stereocenters. The van der Waals surface area contributed by atoms with Crippen LogP contribution in [0.4, 0.5) is 4.39 Å². The Balaban J connectivity index is 1.17. The lowest BCUT2D eigenvalue weighted by Crippen LogP contribution is -2.36. The maximum Gasteiger partial charge on any atom is 0.131 e. The molecule has 2 aromatic carbocycles. The third-order valence-corrected chi connectivity index (χ3v) is 7.51. The van der Waals surface area contributed by atoms with Gasteiger partial charge in [0.25, 0.3) is 0 Å². The van der Waals surface area contributed by atoms with Gasteiger partial charge in [0, 0.05) is 73.9 Å². The number of hydrogen-bond acceptors (Lipinski definition) is 6. The average Bonchev–Trinajstić information content (AvgIpc) is 3.65. The molecule has 1 aliphatic heterocycles. The Morgan fingerprint density at radius 3 is 2.83 bits per heavy atom. The summed E-state index contributed by atoms with van der Waals surface area (Å²) in [4.78, 5) is 6.42. The number of benzene rings is 2. The minimum absolute atomic E-state index is 0.213. The van der Waals surface area contributed by atoms with E-state index < -0.39 is 0 Å². The fourth-order valence-corrected chi connectivity index (χ4v) is 5.44. The molecule has 1 atom stereocenters. The van der Waals surface area contributed by atoms with Crippen LogP contribution in [0.5, 0.6) is 5.75 Å². The molecule has 6 rings (SSSR count). The normalized spacial score (nSPS) is 16.0. The molecule has 206 valence electrons. The van der Waals surface area contributed by atoms with Crippen LogP contribution in [-0.4, -0.2) is 63.3 Å². The number of hydrogen-bond donors (Lipinski definition) is 1. The Morgan fingerprint density at radius 1 is 1.05 bits per heavy atom. The Morgan fingerprint density at radius 2 is 1.95 bits per heavy atom. The number of fused-ring (bicyclic) bond motifs is 1. The van der Waals surface area contributed by atoms with Crippen molar-refractivity contribution in [1.82, 2.24) is 29.9 Å². The summed E-state index contributed by atoms with van der Waals surface area (Å²) in [5.74, 6) is 0.383. The summed E-state index contributed by atoms with van der Waals surface area (Å²) >= 11 is 0. The monoisotopic (exact) mass is 540 g/mol. The van der Waals surface area contributed by atoms with E-state index in [0.717, 1.165) is 65.6 Å². The second-order valence-corrected chi connectivity index (χ2v) is 10.2. The molecule has 1 fully saturated rings. The van der Waals surface area contributed by atoms with Gasteiger partial charge in [-0.15, -0.1) is 0 Å². The number of halogens is 1. The van der Waals surface area contributed by atoms with Gasteiger partial charge in [0.2, 0.25) is 0 Å². The van der Waals surface area contributed by atoms with E-state index in [-0.39, 0.29) is 11.9 Å². The topological polar surface area (TPSA) is 81.1 Å².